The normalized spacial score (nSPS) is 11.9. The van der Waals surface area contributed by atoms with E-state index < -0.39 is 33.5 Å². The van der Waals surface area contributed by atoms with Gasteiger partial charge in [0.1, 0.15) is 5.75 Å². The van der Waals surface area contributed by atoms with Crippen molar-refractivity contribution in [1.29, 1.82) is 0 Å². The highest BCUT2D eigenvalue weighted by molar-refractivity contribution is 7.90. The number of carbonyl (C=O) groups excluding carboxylic acids is 1. The van der Waals surface area contributed by atoms with E-state index in [0.29, 0.717) is 11.3 Å². The molecule has 0 radical (unpaired) electrons. The van der Waals surface area contributed by atoms with Crippen molar-refractivity contribution in [1.82, 2.24) is 4.98 Å². The molecule has 0 bridgehead atoms. The topological polar surface area (TPSA) is 73.3 Å². The molecule has 0 saturated heterocycles. The van der Waals surface area contributed by atoms with E-state index >= 15 is 0 Å². The van der Waals surface area contributed by atoms with E-state index in [-0.39, 0.29) is 21.0 Å². The summed E-state index contributed by atoms with van der Waals surface area (Å²) in [6, 6.07) is 11.2. The number of rotatable bonds is 6. The number of hydrogen-bond donors (Lipinski definition) is 0. The molecule has 0 N–H and O–H groups in total. The molecular formula is C21H15ClF3NO4S. The second kappa shape index (κ2) is 8.68. The first-order valence-electron chi connectivity index (χ1n) is 8.79. The third kappa shape index (κ3) is 5.83. The average molecular weight is 470 g/mol. The molecule has 0 atom stereocenters. The smallest absolute Gasteiger partial charge is 0.406 e. The van der Waals surface area contributed by atoms with Crippen molar-refractivity contribution in [3.63, 3.8) is 0 Å². The summed E-state index contributed by atoms with van der Waals surface area (Å²) in [7, 11) is -3.98. The molecule has 3 aromatic rings. The highest BCUT2D eigenvalue weighted by Crippen LogP contribution is 2.27. The summed E-state index contributed by atoms with van der Waals surface area (Å²) in [5, 5.41) is 0.254. The molecule has 0 aliphatic rings. The fourth-order valence-electron chi connectivity index (χ4n) is 2.86. The third-order valence-electron chi connectivity index (χ3n) is 4.24. The number of ether oxygens (including phenoxy) is 1. The maximum Gasteiger partial charge on any atom is 0.573 e. The van der Waals surface area contributed by atoms with Crippen LogP contribution in [0.5, 0.6) is 5.75 Å². The van der Waals surface area contributed by atoms with Crippen molar-refractivity contribution in [2.75, 3.05) is 0 Å². The van der Waals surface area contributed by atoms with E-state index in [4.69, 9.17) is 11.6 Å². The molecule has 0 unspecified atom stereocenters. The van der Waals surface area contributed by atoms with Crippen LogP contribution in [0.2, 0.25) is 5.02 Å². The number of carbonyl (C=O) groups is 1. The Kier molecular flexibility index (Phi) is 6.38. The number of hydrogen-bond acceptors (Lipinski definition) is 5. The Balaban J connectivity index is 1.92. The molecule has 0 amide bonds. The molecule has 1 heterocycles. The monoisotopic (exact) mass is 469 g/mol. The van der Waals surface area contributed by atoms with Crippen molar-refractivity contribution < 1.29 is 31.1 Å². The lowest BCUT2D eigenvalue weighted by Crippen LogP contribution is -2.17. The first-order chi connectivity index (χ1) is 14.4. The van der Waals surface area contributed by atoms with E-state index in [1.807, 2.05) is 0 Å². The number of nitrogens with zero attached hydrogens (tertiary/aromatic N) is 1. The third-order valence-corrected chi connectivity index (χ3v) is 6.15. The molecular weight excluding hydrogens is 455 g/mol. The van der Waals surface area contributed by atoms with Gasteiger partial charge in [0, 0.05) is 28.0 Å². The average Bonchev–Trinajstić information content (AvgIpc) is 2.68. The number of alkyl halides is 3. The van der Waals surface area contributed by atoms with Gasteiger partial charge in [0.2, 0.25) is 0 Å². The van der Waals surface area contributed by atoms with E-state index in [0.717, 1.165) is 24.3 Å². The number of sulfone groups is 1. The minimum absolute atomic E-state index is 0.110. The van der Waals surface area contributed by atoms with Crippen molar-refractivity contribution in [3.8, 4) is 5.75 Å². The quantitative estimate of drug-likeness (QED) is 0.467. The minimum atomic E-state index is -4.88. The van der Waals surface area contributed by atoms with Gasteiger partial charge < -0.3 is 4.74 Å². The summed E-state index contributed by atoms with van der Waals surface area (Å²) in [4.78, 5) is 16.8. The number of aryl methyl sites for hydroxylation is 1. The Morgan fingerprint density at radius 2 is 1.74 bits per heavy atom. The van der Waals surface area contributed by atoms with Crippen molar-refractivity contribution in [3.05, 3.63) is 88.2 Å². The zero-order valence-electron chi connectivity index (χ0n) is 16.0. The molecule has 31 heavy (non-hydrogen) atoms. The Bertz CT molecular complexity index is 1230. The lowest BCUT2D eigenvalue weighted by molar-refractivity contribution is -0.274. The van der Waals surface area contributed by atoms with Crippen LogP contribution in [0.25, 0.3) is 0 Å². The molecule has 0 spiro atoms. The van der Waals surface area contributed by atoms with Crippen LogP contribution in [0.3, 0.4) is 0 Å². The molecule has 0 fully saturated rings. The van der Waals surface area contributed by atoms with E-state index in [1.165, 1.54) is 30.5 Å². The summed E-state index contributed by atoms with van der Waals surface area (Å²) in [6.07, 6.45) is -3.42. The maximum absolute atomic E-state index is 13.0. The standard InChI is InChI=1S/C21H15ClF3NO4S/c1-13-10-14(8-9-26-13)20(27)19-11-16(22)3-2-15(19)12-31(28,29)18-6-4-17(5-7-18)30-21(23,24)25/h2-11H,12H2,1H3. The predicted molar refractivity (Wildman–Crippen MR) is 108 cm³/mol. The van der Waals surface area contributed by atoms with Crippen molar-refractivity contribution >= 4 is 27.2 Å². The molecule has 162 valence electrons. The predicted octanol–water partition coefficient (Wildman–Crippen LogP) is 5.15. The lowest BCUT2D eigenvalue weighted by atomic mass is 9.99. The lowest BCUT2D eigenvalue weighted by Gasteiger charge is -2.12. The van der Waals surface area contributed by atoms with Gasteiger partial charge in [0.25, 0.3) is 0 Å². The zero-order valence-corrected chi connectivity index (χ0v) is 17.6. The van der Waals surface area contributed by atoms with Crippen LogP contribution in [0.4, 0.5) is 13.2 Å². The largest absolute Gasteiger partial charge is 0.573 e. The number of aromatic nitrogens is 1. The molecule has 0 aliphatic carbocycles. The van der Waals surface area contributed by atoms with Gasteiger partial charge in [-0.15, -0.1) is 13.2 Å². The molecule has 1 aromatic heterocycles. The second-order valence-electron chi connectivity index (χ2n) is 6.59. The van der Waals surface area contributed by atoms with Crippen LogP contribution in [-0.4, -0.2) is 25.5 Å². The van der Waals surface area contributed by atoms with Crippen LogP contribution in [0.15, 0.2) is 65.7 Å². The molecule has 10 heteroatoms. The van der Waals surface area contributed by atoms with Crippen LogP contribution in [-0.2, 0) is 15.6 Å². The molecule has 2 aromatic carbocycles. The van der Waals surface area contributed by atoms with Gasteiger partial charge >= 0.3 is 6.36 Å². The maximum atomic E-state index is 13.0. The molecule has 0 saturated carbocycles. The summed E-state index contributed by atoms with van der Waals surface area (Å²) >= 11 is 6.02. The minimum Gasteiger partial charge on any atom is -0.406 e. The fourth-order valence-corrected chi connectivity index (χ4v) is 4.42. The Morgan fingerprint density at radius 3 is 2.35 bits per heavy atom. The number of halogens is 4. The molecule has 3 rings (SSSR count). The van der Waals surface area contributed by atoms with Gasteiger partial charge in [0.05, 0.1) is 10.6 Å². The van der Waals surface area contributed by atoms with E-state index in [9.17, 15) is 26.4 Å². The van der Waals surface area contributed by atoms with Gasteiger partial charge in [-0.3, -0.25) is 9.78 Å². The summed E-state index contributed by atoms with van der Waals surface area (Å²) in [5.41, 5.74) is 1.25. The Labute approximate surface area is 181 Å². The van der Waals surface area contributed by atoms with Crippen LogP contribution in [0.1, 0.15) is 27.2 Å². The van der Waals surface area contributed by atoms with E-state index in [2.05, 4.69) is 9.72 Å². The number of pyridine rings is 1. The zero-order chi connectivity index (χ0) is 22.8. The van der Waals surface area contributed by atoms with E-state index in [1.54, 1.807) is 13.0 Å². The van der Waals surface area contributed by atoms with Gasteiger partial charge in [-0.05, 0) is 61.0 Å². The van der Waals surface area contributed by atoms with Crippen LogP contribution >= 0.6 is 11.6 Å². The van der Waals surface area contributed by atoms with Gasteiger partial charge in [0.15, 0.2) is 15.6 Å². The second-order valence-corrected chi connectivity index (χ2v) is 9.02. The van der Waals surface area contributed by atoms with Crippen LogP contribution in [0, 0.1) is 6.92 Å². The van der Waals surface area contributed by atoms with Gasteiger partial charge in [-0.2, -0.15) is 0 Å². The van der Waals surface area contributed by atoms with Crippen LogP contribution < -0.4 is 4.74 Å². The van der Waals surface area contributed by atoms with Crippen molar-refractivity contribution in [2.24, 2.45) is 0 Å². The first kappa shape index (κ1) is 22.8. The van der Waals surface area contributed by atoms with Gasteiger partial charge in [-0.25, -0.2) is 8.42 Å². The highest BCUT2D eigenvalue weighted by Gasteiger charge is 2.31. The summed E-state index contributed by atoms with van der Waals surface area (Å²) in [5.74, 6) is -1.51. The molecule has 5 nitrogen and oxygen atoms in total. The Hall–Kier alpha value is -2.91. The summed E-state index contributed by atoms with van der Waals surface area (Å²) < 4.78 is 66.3. The fraction of sp³-hybridized carbons (Fsp3) is 0.143. The summed E-state index contributed by atoms with van der Waals surface area (Å²) in [6.45, 7) is 1.71. The SMILES string of the molecule is Cc1cc(C(=O)c2cc(Cl)ccc2CS(=O)(=O)c2ccc(OC(F)(F)F)cc2)ccn1. The van der Waals surface area contributed by atoms with Gasteiger partial charge in [-0.1, -0.05) is 17.7 Å². The molecule has 0 aliphatic heterocycles. The number of benzene rings is 2. The first-order valence-corrected chi connectivity index (χ1v) is 10.8. The highest BCUT2D eigenvalue weighted by atomic mass is 35.5. The van der Waals surface area contributed by atoms with Crippen molar-refractivity contribution in [2.45, 2.75) is 23.9 Å². The Morgan fingerprint density at radius 1 is 1.06 bits per heavy atom. The number of ketones is 1.